The van der Waals surface area contributed by atoms with Gasteiger partial charge in [0.15, 0.2) is 5.11 Å². The molecule has 192 valence electrons. The highest BCUT2D eigenvalue weighted by Gasteiger charge is 2.27. The van der Waals surface area contributed by atoms with Crippen LogP contribution in [0.15, 0.2) is 42.5 Å². The minimum atomic E-state index is -3.36. The molecule has 0 aliphatic carbocycles. The molecule has 0 aliphatic rings. The van der Waals surface area contributed by atoms with Crippen LogP contribution in [0.25, 0.3) is 0 Å². The van der Waals surface area contributed by atoms with Crippen molar-refractivity contribution in [2.45, 2.75) is 60.0 Å². The van der Waals surface area contributed by atoms with Gasteiger partial charge in [-0.1, -0.05) is 30.3 Å². The van der Waals surface area contributed by atoms with Crippen LogP contribution in [0.3, 0.4) is 0 Å². The molecular weight excluding hydrogens is 482 g/mol. The third kappa shape index (κ3) is 9.49. The number of aryl methyl sites for hydroxylation is 3. The number of carbonyl (C=O) groups excluding carboxylic acids is 1. The Balaban J connectivity index is 2.23. The van der Waals surface area contributed by atoms with E-state index in [4.69, 9.17) is 22.7 Å². The van der Waals surface area contributed by atoms with Gasteiger partial charge in [0.1, 0.15) is 6.61 Å². The molecule has 0 spiro atoms. The van der Waals surface area contributed by atoms with Crippen LogP contribution in [0, 0.1) is 19.3 Å². The molecule has 3 N–H and O–H groups in total. The molecule has 0 heterocycles. The van der Waals surface area contributed by atoms with Crippen molar-refractivity contribution in [3.63, 3.8) is 0 Å². The van der Waals surface area contributed by atoms with Gasteiger partial charge in [0.05, 0.1) is 17.7 Å². The van der Waals surface area contributed by atoms with Crippen LogP contribution in [0.5, 0.6) is 0 Å². The molecule has 0 aliphatic heterocycles. The van der Waals surface area contributed by atoms with Crippen LogP contribution in [0.4, 0.5) is 5.69 Å². The van der Waals surface area contributed by atoms with Gasteiger partial charge in [0.2, 0.25) is 10.0 Å². The molecule has 35 heavy (non-hydrogen) atoms. The fraction of sp³-hybridized carbons (Fsp3) is 0.462. The van der Waals surface area contributed by atoms with Crippen LogP contribution in [0.1, 0.15) is 49.4 Å². The molecule has 0 aromatic heterocycles. The monoisotopic (exact) mass is 519 g/mol. The molecule has 0 saturated heterocycles. The maximum absolute atomic E-state index is 12.5. The van der Waals surface area contributed by atoms with E-state index in [-0.39, 0.29) is 23.7 Å². The van der Waals surface area contributed by atoms with Gasteiger partial charge in [0.25, 0.3) is 0 Å². The highest BCUT2D eigenvalue weighted by molar-refractivity contribution is 7.92. The minimum absolute atomic E-state index is 0.159. The lowest BCUT2D eigenvalue weighted by Crippen LogP contribution is -2.46. The Morgan fingerprint density at radius 3 is 2.20 bits per heavy atom. The smallest absolute Gasteiger partial charge is 0.311 e. The van der Waals surface area contributed by atoms with E-state index in [0.29, 0.717) is 18.7 Å². The molecule has 2 aromatic rings. The van der Waals surface area contributed by atoms with Gasteiger partial charge in [-0.3, -0.25) is 9.52 Å². The summed E-state index contributed by atoms with van der Waals surface area (Å²) in [5, 5.41) is 0.209. The number of benzene rings is 2. The summed E-state index contributed by atoms with van der Waals surface area (Å²) in [6, 6.07) is 13.2. The topological polar surface area (TPSA) is 102 Å². The number of anilines is 1. The van der Waals surface area contributed by atoms with Gasteiger partial charge in [-0.25, -0.2) is 8.42 Å². The number of ether oxygens (including phenoxy) is 1. The Morgan fingerprint density at radius 1 is 1.09 bits per heavy atom. The van der Waals surface area contributed by atoms with E-state index in [0.717, 1.165) is 18.2 Å². The molecule has 2 rings (SSSR count). The summed E-state index contributed by atoms with van der Waals surface area (Å²) in [5.41, 5.74) is 10.5. The van der Waals surface area contributed by atoms with Crippen molar-refractivity contribution in [2.24, 2.45) is 11.1 Å². The van der Waals surface area contributed by atoms with E-state index in [9.17, 15) is 13.2 Å². The zero-order chi connectivity index (χ0) is 26.4. The van der Waals surface area contributed by atoms with E-state index in [1.54, 1.807) is 12.1 Å². The van der Waals surface area contributed by atoms with Crippen molar-refractivity contribution in [2.75, 3.05) is 17.6 Å². The second kappa shape index (κ2) is 11.9. The average molecular weight is 520 g/mol. The number of carbonyl (C=O) groups is 1. The highest BCUT2D eigenvalue weighted by atomic mass is 32.2. The lowest BCUT2D eigenvalue weighted by molar-refractivity contribution is -0.154. The van der Waals surface area contributed by atoms with E-state index in [1.165, 1.54) is 16.7 Å². The zero-order valence-corrected chi connectivity index (χ0v) is 23.1. The van der Waals surface area contributed by atoms with Gasteiger partial charge in [-0.15, -0.1) is 0 Å². The first-order valence-electron chi connectivity index (χ1n) is 11.5. The largest absolute Gasteiger partial charge is 0.463 e. The summed E-state index contributed by atoms with van der Waals surface area (Å²) in [7, 11) is -3.36. The van der Waals surface area contributed by atoms with E-state index in [2.05, 4.69) is 36.8 Å². The SMILES string of the molecule is Cc1ccc(CCC(COC(=O)C(C)(C)C)N(Cc2ccc(NS(C)(=O)=O)cc2)C(N)=S)cc1C. The normalized spacial score (nSPS) is 12.6. The number of thiocarbonyl (C=S) groups is 1. The predicted octanol–water partition coefficient (Wildman–Crippen LogP) is 4.31. The van der Waals surface area contributed by atoms with Crippen LogP contribution in [0.2, 0.25) is 0 Å². The molecule has 0 saturated carbocycles. The molecule has 0 radical (unpaired) electrons. The third-order valence-corrected chi connectivity index (χ3v) is 6.53. The zero-order valence-electron chi connectivity index (χ0n) is 21.4. The van der Waals surface area contributed by atoms with Crippen molar-refractivity contribution >= 4 is 39.0 Å². The molecule has 1 atom stereocenters. The first-order chi connectivity index (χ1) is 16.2. The summed E-state index contributed by atoms with van der Waals surface area (Å²) in [6.07, 6.45) is 2.56. The Labute approximate surface area is 215 Å². The number of rotatable bonds is 10. The Hall–Kier alpha value is -2.65. The summed E-state index contributed by atoms with van der Waals surface area (Å²) >= 11 is 5.38. The number of esters is 1. The molecular formula is C26H37N3O4S2. The highest BCUT2D eigenvalue weighted by Crippen LogP contribution is 2.20. The van der Waals surface area contributed by atoms with Crippen LogP contribution in [-0.2, 0) is 32.5 Å². The molecule has 0 fully saturated rings. The predicted molar refractivity (Wildman–Crippen MR) is 146 cm³/mol. The summed E-state index contributed by atoms with van der Waals surface area (Å²) in [4.78, 5) is 14.3. The van der Waals surface area contributed by atoms with Crippen LogP contribution < -0.4 is 10.5 Å². The Morgan fingerprint density at radius 2 is 1.69 bits per heavy atom. The van der Waals surface area contributed by atoms with Gasteiger partial charge in [0, 0.05) is 12.2 Å². The van der Waals surface area contributed by atoms with E-state index >= 15 is 0 Å². The van der Waals surface area contributed by atoms with Gasteiger partial charge >= 0.3 is 5.97 Å². The van der Waals surface area contributed by atoms with Gasteiger partial charge in [-0.2, -0.15) is 0 Å². The average Bonchev–Trinajstić information content (AvgIpc) is 2.74. The number of hydrogen-bond donors (Lipinski definition) is 2. The van der Waals surface area contributed by atoms with Gasteiger partial charge in [-0.05, 0) is 94.1 Å². The minimum Gasteiger partial charge on any atom is -0.463 e. The number of nitrogens with one attached hydrogen (secondary N) is 1. The van der Waals surface area contributed by atoms with Crippen molar-refractivity contribution in [1.82, 2.24) is 4.90 Å². The second-order valence-corrected chi connectivity index (χ2v) is 12.2. The maximum atomic E-state index is 12.5. The van der Waals surface area contributed by atoms with Crippen LogP contribution in [-0.4, -0.2) is 43.3 Å². The van der Waals surface area contributed by atoms with E-state index in [1.807, 2.05) is 37.8 Å². The lowest BCUT2D eigenvalue weighted by atomic mass is 9.97. The van der Waals surface area contributed by atoms with Crippen molar-refractivity contribution in [3.8, 4) is 0 Å². The summed E-state index contributed by atoms with van der Waals surface area (Å²) in [6.45, 7) is 10.2. The Kier molecular flexibility index (Phi) is 9.68. The molecule has 1 unspecified atom stereocenters. The van der Waals surface area contributed by atoms with Crippen molar-refractivity contribution in [1.29, 1.82) is 0 Å². The standard InChI is InChI=1S/C26H37N3O4S2/c1-18-7-8-20(15-19(18)2)11-14-23(17-33-24(30)26(3,4)5)29(25(27)34)16-21-9-12-22(13-10-21)28-35(6,31)32/h7-10,12-13,15,23,28H,11,14,16-17H2,1-6H3,(H2,27,34). The van der Waals surface area contributed by atoms with Crippen molar-refractivity contribution in [3.05, 3.63) is 64.7 Å². The molecule has 0 amide bonds. The van der Waals surface area contributed by atoms with E-state index < -0.39 is 15.4 Å². The first-order valence-corrected chi connectivity index (χ1v) is 13.8. The molecule has 9 heteroatoms. The number of sulfonamides is 1. The summed E-state index contributed by atoms with van der Waals surface area (Å²) in [5.74, 6) is -0.284. The van der Waals surface area contributed by atoms with Crippen molar-refractivity contribution < 1.29 is 17.9 Å². The first kappa shape index (κ1) is 28.6. The fourth-order valence-electron chi connectivity index (χ4n) is 3.49. The quantitative estimate of drug-likeness (QED) is 0.356. The number of nitrogens with zero attached hydrogens (tertiary/aromatic N) is 1. The second-order valence-electron chi connectivity index (χ2n) is 10.00. The molecule has 0 bridgehead atoms. The maximum Gasteiger partial charge on any atom is 0.311 e. The number of hydrogen-bond acceptors (Lipinski definition) is 5. The number of nitrogens with two attached hydrogens (primary N) is 1. The lowest BCUT2D eigenvalue weighted by Gasteiger charge is -2.33. The van der Waals surface area contributed by atoms with Gasteiger partial charge < -0.3 is 15.4 Å². The molecule has 2 aromatic carbocycles. The fourth-order valence-corrected chi connectivity index (χ4v) is 4.26. The third-order valence-electron chi connectivity index (χ3n) is 5.69. The molecule has 7 nitrogen and oxygen atoms in total. The van der Waals surface area contributed by atoms with Crippen LogP contribution >= 0.6 is 12.2 Å². The summed E-state index contributed by atoms with van der Waals surface area (Å²) < 4.78 is 31.1. The Bertz CT molecular complexity index is 1140.